The molecule has 4 rings (SSSR count). The van der Waals surface area contributed by atoms with Crippen LogP contribution in [0.1, 0.15) is 221 Å². The number of carbonyl (C=O) groups is 2. The topological polar surface area (TPSA) is 228 Å². The van der Waals surface area contributed by atoms with Crippen molar-refractivity contribution in [2.45, 2.75) is 237 Å². The molecule has 0 fully saturated rings. The average molecular weight is 1270 g/mol. The molecule has 488 valence electrons. The SMILES string of the molecule is CCCCCCCC/C=C\CCCCCCCC(=O)OC(COP(=O)(O)OCCNS(=O)(=O)c1ccc(-c2c3ccc(=[N+](CC)CC)cc-3oc3cc(N(CC)CC)ccc23)c(S(=O)(=O)O)c1)OC(=O)CCCCCCC/C=C\CCCCCCCC. The Labute approximate surface area is 521 Å². The van der Waals surface area contributed by atoms with Crippen LogP contribution >= 0.6 is 7.82 Å². The monoisotopic (exact) mass is 1270 g/mol. The van der Waals surface area contributed by atoms with Gasteiger partial charge in [0.25, 0.3) is 16.4 Å². The van der Waals surface area contributed by atoms with Crippen LogP contribution in [-0.2, 0) is 52.8 Å². The molecule has 0 amide bonds. The smallest absolute Gasteiger partial charge is 0.456 e. The molecule has 1 atom stereocenters. The molecule has 1 aliphatic heterocycles. The quantitative estimate of drug-likeness (QED) is 0.00546. The van der Waals surface area contributed by atoms with Crippen LogP contribution in [0.15, 0.2) is 93.1 Å². The van der Waals surface area contributed by atoms with Gasteiger partial charge in [-0.1, -0.05) is 147 Å². The molecular weight excluding hydrogens is 1170 g/mol. The number of hydrogen-bond donors (Lipinski definition) is 3. The number of unbranched alkanes of at least 4 members (excludes halogenated alkanes) is 22. The molecule has 87 heavy (non-hydrogen) atoms. The van der Waals surface area contributed by atoms with Gasteiger partial charge >= 0.3 is 19.8 Å². The summed E-state index contributed by atoms with van der Waals surface area (Å²) >= 11 is 0. The van der Waals surface area contributed by atoms with Gasteiger partial charge in [-0.3, -0.25) is 23.2 Å². The van der Waals surface area contributed by atoms with Gasteiger partial charge in [0.05, 0.1) is 17.6 Å². The number of anilines is 1. The zero-order valence-corrected chi connectivity index (χ0v) is 55.8. The number of carbonyl (C=O) groups excluding carboxylic acids is 2. The lowest BCUT2D eigenvalue weighted by Crippen LogP contribution is -2.29. The normalized spacial score (nSPS) is 12.9. The minimum absolute atomic E-state index is 0.0240. The third-order valence-corrected chi connectivity index (χ3v) is 18.9. The molecular formula is C67H105N3O14PS2+. The van der Waals surface area contributed by atoms with E-state index in [1.165, 1.54) is 89.2 Å². The summed E-state index contributed by atoms with van der Waals surface area (Å²) in [6.45, 7) is 13.3. The van der Waals surface area contributed by atoms with Gasteiger partial charge in [0.15, 0.2) is 0 Å². The first-order chi connectivity index (χ1) is 41.9. The van der Waals surface area contributed by atoms with E-state index in [2.05, 4.69) is 52.3 Å². The first kappa shape index (κ1) is 74.7. The number of benzene rings is 3. The summed E-state index contributed by atoms with van der Waals surface area (Å²) < 4.78 is 110. The summed E-state index contributed by atoms with van der Waals surface area (Å²) in [5.74, 6) is -0.898. The Hall–Kier alpha value is -4.72. The number of phosphoric ester groups is 1. The number of nitrogens with zero attached hydrogens (tertiary/aromatic N) is 2. The van der Waals surface area contributed by atoms with Crippen molar-refractivity contribution in [1.82, 2.24) is 9.30 Å². The first-order valence-corrected chi connectivity index (χ1v) is 37.1. The van der Waals surface area contributed by atoms with Gasteiger partial charge in [0.1, 0.15) is 35.9 Å². The van der Waals surface area contributed by atoms with Crippen LogP contribution in [0.4, 0.5) is 5.69 Å². The maximum Gasteiger partial charge on any atom is 0.472 e. The van der Waals surface area contributed by atoms with Crippen LogP contribution in [0.2, 0.25) is 0 Å². The van der Waals surface area contributed by atoms with Crippen molar-refractivity contribution >= 4 is 56.6 Å². The fourth-order valence-electron chi connectivity index (χ4n) is 10.6. The molecule has 2 aromatic rings. The van der Waals surface area contributed by atoms with Crippen LogP contribution in [0.5, 0.6) is 0 Å². The number of phosphoric acid groups is 1. The maximum atomic E-state index is 13.8. The summed E-state index contributed by atoms with van der Waals surface area (Å²) in [6.07, 6.45) is 35.8. The Morgan fingerprint density at radius 3 is 1.61 bits per heavy atom. The molecule has 0 saturated heterocycles. The van der Waals surface area contributed by atoms with Crippen LogP contribution in [0.3, 0.4) is 0 Å². The van der Waals surface area contributed by atoms with E-state index in [-0.39, 0.29) is 18.4 Å². The second-order valence-corrected chi connectivity index (χ2v) is 27.0. The number of ether oxygens (including phenoxy) is 2. The van der Waals surface area contributed by atoms with E-state index in [0.29, 0.717) is 40.7 Å². The second-order valence-electron chi connectivity index (χ2n) is 22.4. The highest BCUT2D eigenvalue weighted by atomic mass is 32.2. The molecule has 17 nitrogen and oxygen atoms in total. The highest BCUT2D eigenvalue weighted by Crippen LogP contribution is 2.45. The maximum absolute atomic E-state index is 13.8. The zero-order valence-electron chi connectivity index (χ0n) is 53.3. The van der Waals surface area contributed by atoms with Gasteiger partial charge in [-0.05, 0) is 122 Å². The average Bonchev–Trinajstić information content (AvgIpc) is 0.788. The van der Waals surface area contributed by atoms with E-state index in [4.69, 9.17) is 22.9 Å². The van der Waals surface area contributed by atoms with Gasteiger partial charge in [-0.2, -0.15) is 8.42 Å². The van der Waals surface area contributed by atoms with Gasteiger partial charge in [-0.25, -0.2) is 22.3 Å². The summed E-state index contributed by atoms with van der Waals surface area (Å²) in [5.41, 5.74) is 2.25. The van der Waals surface area contributed by atoms with Crippen LogP contribution in [0, 0.1) is 0 Å². The van der Waals surface area contributed by atoms with Crippen molar-refractivity contribution in [1.29, 1.82) is 0 Å². The van der Waals surface area contributed by atoms with Crippen molar-refractivity contribution in [3.63, 3.8) is 0 Å². The Morgan fingerprint density at radius 1 is 0.621 bits per heavy atom. The number of hydrogen-bond acceptors (Lipinski definition) is 13. The van der Waals surface area contributed by atoms with Gasteiger partial charge in [0.2, 0.25) is 15.4 Å². The molecule has 0 radical (unpaired) electrons. The van der Waals surface area contributed by atoms with Crippen molar-refractivity contribution in [2.75, 3.05) is 50.8 Å². The van der Waals surface area contributed by atoms with Crippen LogP contribution in [0.25, 0.3) is 33.4 Å². The highest BCUT2D eigenvalue weighted by molar-refractivity contribution is 7.89. The van der Waals surface area contributed by atoms with Crippen molar-refractivity contribution in [3.05, 3.63) is 84.3 Å². The zero-order chi connectivity index (χ0) is 63.3. The van der Waals surface area contributed by atoms with E-state index >= 15 is 0 Å². The Balaban J connectivity index is 1.37. The number of nitrogens with one attached hydrogen (secondary N) is 1. The van der Waals surface area contributed by atoms with E-state index in [1.54, 1.807) is 0 Å². The van der Waals surface area contributed by atoms with Crippen molar-refractivity contribution < 1.29 is 63.4 Å². The number of esters is 2. The molecule has 3 N–H and O–H groups in total. The number of rotatable bonds is 48. The fourth-order valence-corrected chi connectivity index (χ4v) is 13.2. The molecule has 0 spiro atoms. The summed E-state index contributed by atoms with van der Waals surface area (Å²) in [4.78, 5) is 37.7. The predicted molar refractivity (Wildman–Crippen MR) is 350 cm³/mol. The molecule has 2 aromatic carbocycles. The van der Waals surface area contributed by atoms with Gasteiger partial charge < -0.3 is 23.7 Å². The molecule has 1 unspecified atom stereocenters. The fraction of sp³-hybridized carbons (Fsp3) is 0.627. The van der Waals surface area contributed by atoms with E-state index in [0.717, 1.165) is 120 Å². The van der Waals surface area contributed by atoms with Crippen molar-refractivity contribution in [2.24, 2.45) is 0 Å². The standard InChI is InChI=1S/C67H104N3O14PS2/c1-7-13-15-17-19-21-23-25-27-29-31-33-35-37-39-41-64(71)83-66(84-65(72)42-40-38-36-34-32-30-28-26-24-22-20-18-16-14-8-2)54-81-85(73,74)80-50-49-68-86(75,76)57-45-48-60(63(53-57)87(77,78)79)67-58-46-43-55(69(9-3)10-4)51-61(58)82-62-52-56(44-47-59(62)67)70(11-5)12-6/h25-28,43-48,51-53,66,68H,7-24,29-42,49-50,54H2,1-6H3,(H-,73,74,77,78,79)/p+1/b27-25-,28-26-. The molecule has 2 aliphatic rings. The largest absolute Gasteiger partial charge is 0.472 e. The Bertz CT molecular complexity index is 2990. The summed E-state index contributed by atoms with van der Waals surface area (Å²) in [7, 11) is -14.6. The Morgan fingerprint density at radius 2 is 1.11 bits per heavy atom. The molecule has 1 aliphatic carbocycles. The predicted octanol–water partition coefficient (Wildman–Crippen LogP) is 16.0. The Kier molecular flexibility index (Phi) is 35.7. The molecule has 1 heterocycles. The minimum atomic E-state index is -5.08. The summed E-state index contributed by atoms with van der Waals surface area (Å²) in [5, 5.41) is 1.40. The van der Waals surface area contributed by atoms with Crippen LogP contribution < -0.4 is 19.6 Å². The number of allylic oxidation sites excluding steroid dienone is 4. The van der Waals surface area contributed by atoms with Crippen LogP contribution in [-0.4, -0.2) is 90.4 Å². The third-order valence-electron chi connectivity index (χ3n) is 15.6. The van der Waals surface area contributed by atoms with Gasteiger partial charge in [0, 0.05) is 72.4 Å². The number of sulfonamides is 1. The molecule has 0 bridgehead atoms. The van der Waals surface area contributed by atoms with E-state index < -0.39 is 75.7 Å². The number of fused-ring (bicyclic) bond motifs is 2. The van der Waals surface area contributed by atoms with E-state index in [9.17, 15) is 40.4 Å². The van der Waals surface area contributed by atoms with Crippen molar-refractivity contribution in [3.8, 4) is 22.5 Å². The molecule has 0 aromatic heterocycles. The lowest BCUT2D eigenvalue weighted by molar-refractivity contribution is -0.193. The van der Waals surface area contributed by atoms with Gasteiger partial charge in [-0.15, -0.1) is 0 Å². The third kappa shape index (κ3) is 27.9. The summed E-state index contributed by atoms with van der Waals surface area (Å²) in [6, 6.07) is 14.5. The van der Waals surface area contributed by atoms with E-state index in [1.807, 2.05) is 64.1 Å². The highest BCUT2D eigenvalue weighted by Gasteiger charge is 2.30. The second kappa shape index (κ2) is 41.6. The lowest BCUT2D eigenvalue weighted by Gasteiger charge is -2.22. The molecule has 0 saturated carbocycles. The minimum Gasteiger partial charge on any atom is -0.456 e. The lowest BCUT2D eigenvalue weighted by atomic mass is 9.93. The first-order valence-electron chi connectivity index (χ1n) is 32.7. The molecule has 20 heteroatoms.